The van der Waals surface area contributed by atoms with Crippen molar-refractivity contribution in [2.45, 2.75) is 20.3 Å². The lowest BCUT2D eigenvalue weighted by molar-refractivity contribution is -0.384. The Hall–Kier alpha value is -3.42. The van der Waals surface area contributed by atoms with Crippen LogP contribution in [0.2, 0.25) is 0 Å². The van der Waals surface area contributed by atoms with Crippen molar-refractivity contribution in [3.63, 3.8) is 0 Å². The number of nitrogens with zero attached hydrogens (tertiary/aromatic N) is 2. The summed E-state index contributed by atoms with van der Waals surface area (Å²) < 4.78 is 5.14. The normalized spacial score (nSPS) is 16.2. The number of hydrogen-bond acceptors (Lipinski definition) is 5. The number of amides is 2. The number of rotatable bonds is 5. The van der Waals surface area contributed by atoms with E-state index in [-0.39, 0.29) is 36.2 Å². The summed E-state index contributed by atoms with van der Waals surface area (Å²) in [6.45, 7) is 4.16. The molecule has 0 spiro atoms. The molecule has 146 valence electrons. The number of anilines is 2. The van der Waals surface area contributed by atoms with Crippen LogP contribution in [0.25, 0.3) is 0 Å². The molecule has 0 bridgehead atoms. The predicted molar refractivity (Wildman–Crippen MR) is 105 cm³/mol. The lowest BCUT2D eigenvalue weighted by Gasteiger charge is -2.20. The lowest BCUT2D eigenvalue weighted by Crippen LogP contribution is -2.28. The van der Waals surface area contributed by atoms with Crippen molar-refractivity contribution in [3.05, 3.63) is 57.6 Å². The molecule has 0 aliphatic carbocycles. The molecule has 2 aromatic rings. The van der Waals surface area contributed by atoms with Gasteiger partial charge in [-0.2, -0.15) is 0 Å². The first-order chi connectivity index (χ1) is 13.3. The molecule has 1 unspecified atom stereocenters. The molecule has 0 saturated carbocycles. The number of aryl methyl sites for hydroxylation is 2. The maximum Gasteiger partial charge on any atom is 0.273 e. The van der Waals surface area contributed by atoms with Crippen LogP contribution in [0.1, 0.15) is 17.5 Å². The van der Waals surface area contributed by atoms with Gasteiger partial charge in [-0.1, -0.05) is 12.1 Å². The second-order valence-corrected chi connectivity index (χ2v) is 6.83. The van der Waals surface area contributed by atoms with E-state index in [1.807, 2.05) is 32.0 Å². The topological polar surface area (TPSA) is 102 Å². The first kappa shape index (κ1) is 19.3. The third-order valence-corrected chi connectivity index (χ3v) is 4.81. The van der Waals surface area contributed by atoms with Gasteiger partial charge in [-0.15, -0.1) is 0 Å². The number of carbonyl (C=O) groups is 2. The van der Waals surface area contributed by atoms with Crippen LogP contribution >= 0.6 is 0 Å². The number of carbonyl (C=O) groups excluding carboxylic acids is 2. The molecular weight excluding hydrogens is 362 g/mol. The fraction of sp³-hybridized carbons (Fsp3) is 0.300. The summed E-state index contributed by atoms with van der Waals surface area (Å²) >= 11 is 0. The summed E-state index contributed by atoms with van der Waals surface area (Å²) in [4.78, 5) is 37.2. The van der Waals surface area contributed by atoms with Gasteiger partial charge in [0.1, 0.15) is 5.75 Å². The molecule has 2 aromatic carbocycles. The Balaban J connectivity index is 1.77. The van der Waals surface area contributed by atoms with Crippen LogP contribution in [-0.4, -0.2) is 30.4 Å². The number of non-ortho nitro benzene ring substituents is 1. The standard InChI is InChI=1S/C20H21N3O5/c1-12-4-5-13(2)17(8-12)22-11-14(9-19(22)24)20(25)21-16-7-6-15(23(26)27)10-18(16)28-3/h4-8,10,14H,9,11H2,1-3H3,(H,21,25). The average Bonchev–Trinajstić information content (AvgIpc) is 3.05. The molecule has 1 fully saturated rings. The van der Waals surface area contributed by atoms with Gasteiger partial charge >= 0.3 is 0 Å². The number of ether oxygens (including phenoxy) is 1. The van der Waals surface area contributed by atoms with E-state index in [1.54, 1.807) is 4.90 Å². The number of methoxy groups -OCH3 is 1. The number of nitro groups is 1. The largest absolute Gasteiger partial charge is 0.494 e. The van der Waals surface area contributed by atoms with Crippen molar-refractivity contribution in [3.8, 4) is 5.75 Å². The molecule has 0 aromatic heterocycles. The molecule has 3 rings (SSSR count). The van der Waals surface area contributed by atoms with Gasteiger partial charge in [0, 0.05) is 24.7 Å². The van der Waals surface area contributed by atoms with Gasteiger partial charge in [-0.3, -0.25) is 19.7 Å². The Bertz CT molecular complexity index is 957. The van der Waals surface area contributed by atoms with Gasteiger partial charge in [0.2, 0.25) is 11.8 Å². The number of hydrogen-bond donors (Lipinski definition) is 1. The van der Waals surface area contributed by atoms with E-state index in [4.69, 9.17) is 4.74 Å². The zero-order chi connectivity index (χ0) is 20.4. The van der Waals surface area contributed by atoms with Crippen molar-refractivity contribution in [2.75, 3.05) is 23.9 Å². The highest BCUT2D eigenvalue weighted by molar-refractivity contribution is 6.04. The summed E-state index contributed by atoms with van der Waals surface area (Å²) in [5.41, 5.74) is 3.02. The average molecular weight is 383 g/mol. The monoisotopic (exact) mass is 383 g/mol. The molecule has 1 saturated heterocycles. The van der Waals surface area contributed by atoms with Crippen LogP contribution in [0.4, 0.5) is 17.1 Å². The first-order valence-electron chi connectivity index (χ1n) is 8.81. The second-order valence-electron chi connectivity index (χ2n) is 6.83. The van der Waals surface area contributed by atoms with E-state index in [9.17, 15) is 19.7 Å². The maximum atomic E-state index is 12.7. The smallest absolute Gasteiger partial charge is 0.273 e. The quantitative estimate of drug-likeness (QED) is 0.631. The SMILES string of the molecule is COc1cc([N+](=O)[O-])ccc1NC(=O)C1CC(=O)N(c2cc(C)ccc2C)C1. The van der Waals surface area contributed by atoms with E-state index < -0.39 is 10.8 Å². The summed E-state index contributed by atoms with van der Waals surface area (Å²) in [7, 11) is 1.37. The fourth-order valence-corrected chi connectivity index (χ4v) is 3.26. The van der Waals surface area contributed by atoms with Crippen molar-refractivity contribution in [2.24, 2.45) is 5.92 Å². The lowest BCUT2D eigenvalue weighted by atomic mass is 10.1. The summed E-state index contributed by atoms with van der Waals surface area (Å²) in [6, 6.07) is 9.83. The minimum absolute atomic E-state index is 0.106. The second kappa shape index (κ2) is 7.67. The molecular formula is C20H21N3O5. The third-order valence-electron chi connectivity index (χ3n) is 4.81. The van der Waals surface area contributed by atoms with Gasteiger partial charge in [0.05, 0.1) is 29.7 Å². The molecule has 1 atom stereocenters. The fourth-order valence-electron chi connectivity index (χ4n) is 3.26. The minimum atomic E-state index is -0.536. The summed E-state index contributed by atoms with van der Waals surface area (Å²) in [6.07, 6.45) is 0.106. The molecule has 0 radical (unpaired) electrons. The van der Waals surface area contributed by atoms with E-state index in [0.29, 0.717) is 5.69 Å². The molecule has 1 N–H and O–H groups in total. The summed E-state index contributed by atoms with van der Waals surface area (Å²) in [5, 5.41) is 13.6. The molecule has 2 amide bonds. The molecule has 1 heterocycles. The highest BCUT2D eigenvalue weighted by Gasteiger charge is 2.36. The van der Waals surface area contributed by atoms with Crippen molar-refractivity contribution < 1.29 is 19.2 Å². The van der Waals surface area contributed by atoms with Crippen LogP contribution in [0.5, 0.6) is 5.75 Å². The third kappa shape index (κ3) is 3.80. The Morgan fingerprint density at radius 2 is 2.00 bits per heavy atom. The van der Waals surface area contributed by atoms with E-state index in [1.165, 1.54) is 25.3 Å². The predicted octanol–water partition coefficient (Wildman–Crippen LogP) is 3.21. The highest BCUT2D eigenvalue weighted by atomic mass is 16.6. The van der Waals surface area contributed by atoms with Gasteiger partial charge in [0.25, 0.3) is 5.69 Å². The van der Waals surface area contributed by atoms with Crippen molar-refractivity contribution in [1.82, 2.24) is 0 Å². The minimum Gasteiger partial charge on any atom is -0.494 e. The molecule has 1 aliphatic rings. The zero-order valence-electron chi connectivity index (χ0n) is 15.9. The summed E-state index contributed by atoms with van der Waals surface area (Å²) in [5.74, 6) is -0.761. The first-order valence-corrected chi connectivity index (χ1v) is 8.81. The van der Waals surface area contributed by atoms with Gasteiger partial charge in [-0.05, 0) is 37.1 Å². The maximum absolute atomic E-state index is 12.7. The van der Waals surface area contributed by atoms with E-state index >= 15 is 0 Å². The Kier molecular flexibility index (Phi) is 5.30. The Morgan fingerprint density at radius 1 is 1.25 bits per heavy atom. The number of nitrogens with one attached hydrogen (secondary N) is 1. The Labute approximate surface area is 162 Å². The van der Waals surface area contributed by atoms with Crippen LogP contribution in [-0.2, 0) is 9.59 Å². The highest BCUT2D eigenvalue weighted by Crippen LogP contribution is 2.32. The van der Waals surface area contributed by atoms with Gasteiger partial charge in [0.15, 0.2) is 0 Å². The van der Waals surface area contributed by atoms with Crippen LogP contribution in [0, 0.1) is 29.9 Å². The number of nitro benzene ring substituents is 1. The van der Waals surface area contributed by atoms with Crippen molar-refractivity contribution >= 4 is 28.9 Å². The van der Waals surface area contributed by atoms with Crippen LogP contribution in [0.15, 0.2) is 36.4 Å². The van der Waals surface area contributed by atoms with Crippen LogP contribution < -0.4 is 15.0 Å². The molecule has 28 heavy (non-hydrogen) atoms. The van der Waals surface area contributed by atoms with E-state index in [0.717, 1.165) is 16.8 Å². The van der Waals surface area contributed by atoms with E-state index in [2.05, 4.69) is 5.32 Å². The zero-order valence-corrected chi connectivity index (χ0v) is 15.9. The molecule has 8 nitrogen and oxygen atoms in total. The van der Waals surface area contributed by atoms with Crippen molar-refractivity contribution in [1.29, 1.82) is 0 Å². The van der Waals surface area contributed by atoms with Gasteiger partial charge < -0.3 is 15.0 Å². The van der Waals surface area contributed by atoms with Crippen LogP contribution in [0.3, 0.4) is 0 Å². The molecule has 8 heteroatoms. The molecule has 1 aliphatic heterocycles. The Morgan fingerprint density at radius 3 is 2.68 bits per heavy atom. The number of benzene rings is 2. The van der Waals surface area contributed by atoms with Gasteiger partial charge in [-0.25, -0.2) is 0 Å².